The van der Waals surface area contributed by atoms with Crippen LogP contribution >= 0.6 is 0 Å². The van der Waals surface area contributed by atoms with Crippen molar-refractivity contribution in [1.82, 2.24) is 4.98 Å². The van der Waals surface area contributed by atoms with Gasteiger partial charge in [0.25, 0.3) is 0 Å². The summed E-state index contributed by atoms with van der Waals surface area (Å²) < 4.78 is 17.6. The maximum absolute atomic E-state index is 10.9. The maximum Gasteiger partial charge on any atom is 0.341 e. The van der Waals surface area contributed by atoms with Gasteiger partial charge in [0, 0.05) is 5.56 Å². The molecule has 1 heterocycles. The van der Waals surface area contributed by atoms with Crippen LogP contribution in [0.15, 0.2) is 77.2 Å². The molecule has 0 aliphatic carbocycles. The minimum absolute atomic E-state index is 0.337. The van der Waals surface area contributed by atoms with Gasteiger partial charge in [-0.2, -0.15) is 0 Å². The zero-order chi connectivity index (χ0) is 24.8. The molecule has 0 spiro atoms. The number of nitrogens with zero attached hydrogens (tertiary/aromatic N) is 1. The molecule has 4 aromatic rings. The molecule has 6 heteroatoms. The van der Waals surface area contributed by atoms with E-state index in [1.165, 1.54) is 0 Å². The van der Waals surface area contributed by atoms with Crippen LogP contribution in [0.3, 0.4) is 0 Å². The van der Waals surface area contributed by atoms with Crippen LogP contribution in [0.25, 0.3) is 22.6 Å². The van der Waals surface area contributed by atoms with Gasteiger partial charge >= 0.3 is 5.97 Å². The summed E-state index contributed by atoms with van der Waals surface area (Å²) in [5.74, 6) is 1.48. The van der Waals surface area contributed by atoms with Gasteiger partial charge in [-0.25, -0.2) is 9.78 Å². The van der Waals surface area contributed by atoms with Crippen LogP contribution in [-0.4, -0.2) is 22.7 Å². The fraction of sp³-hybridized carbons (Fsp3) is 0.241. The molecule has 0 aliphatic rings. The summed E-state index contributed by atoms with van der Waals surface area (Å²) in [4.78, 5) is 15.6. The molecule has 1 N–H and O–H groups in total. The van der Waals surface area contributed by atoms with Crippen LogP contribution in [-0.2, 0) is 11.2 Å². The Bertz CT molecular complexity index is 1280. The third-order valence-electron chi connectivity index (χ3n) is 5.67. The Morgan fingerprint density at radius 2 is 1.69 bits per heavy atom. The number of rotatable bonds is 10. The molecule has 0 aliphatic heterocycles. The predicted octanol–water partition coefficient (Wildman–Crippen LogP) is 6.87. The minimum atomic E-state index is -1.01. The van der Waals surface area contributed by atoms with E-state index in [1.54, 1.807) is 12.1 Å². The minimum Gasteiger partial charge on any atom is -0.484 e. The van der Waals surface area contributed by atoms with Gasteiger partial charge in [0.05, 0.1) is 0 Å². The lowest BCUT2D eigenvalue weighted by Crippen LogP contribution is -2.11. The standard InChI is InChI=1S/C29H29NO5/c1-4-8-24-17-25(15-16-26(24)33-18-27(31)32)34-19(2)28-20(3)35-29(30-28)23-13-11-22(12-14-23)21-9-6-5-7-10-21/h5-7,9-17,19H,4,8,18H2,1-3H3,(H,31,32). The lowest BCUT2D eigenvalue weighted by atomic mass is 10.0. The molecule has 1 atom stereocenters. The molecule has 0 amide bonds. The van der Waals surface area contributed by atoms with E-state index in [4.69, 9.17) is 24.0 Å². The average Bonchev–Trinajstić information content (AvgIpc) is 3.26. The maximum atomic E-state index is 10.9. The van der Waals surface area contributed by atoms with Gasteiger partial charge in [-0.15, -0.1) is 0 Å². The molecular formula is C29H29NO5. The van der Waals surface area contributed by atoms with E-state index in [2.05, 4.69) is 31.2 Å². The summed E-state index contributed by atoms with van der Waals surface area (Å²) in [6, 6.07) is 23.8. The first-order valence-corrected chi connectivity index (χ1v) is 11.7. The molecule has 35 heavy (non-hydrogen) atoms. The molecule has 0 saturated carbocycles. The first-order chi connectivity index (χ1) is 16.9. The molecule has 3 aromatic carbocycles. The first kappa shape index (κ1) is 24.1. The molecule has 0 radical (unpaired) electrons. The monoisotopic (exact) mass is 471 g/mol. The molecule has 6 nitrogen and oxygen atoms in total. The van der Waals surface area contributed by atoms with Crippen molar-refractivity contribution < 1.29 is 23.8 Å². The Morgan fingerprint density at radius 1 is 1.00 bits per heavy atom. The third-order valence-corrected chi connectivity index (χ3v) is 5.67. The van der Waals surface area contributed by atoms with Gasteiger partial charge in [0.15, 0.2) is 6.61 Å². The molecule has 0 fully saturated rings. The van der Waals surface area contributed by atoms with Gasteiger partial charge < -0.3 is 19.0 Å². The Kier molecular flexibility index (Phi) is 7.51. The summed E-state index contributed by atoms with van der Waals surface area (Å²) in [6.45, 7) is 5.50. The fourth-order valence-corrected chi connectivity index (χ4v) is 3.98. The number of hydrogen-bond acceptors (Lipinski definition) is 5. The molecule has 1 unspecified atom stereocenters. The molecule has 0 bridgehead atoms. The van der Waals surface area contributed by atoms with Gasteiger partial charge in [0.1, 0.15) is 29.1 Å². The Balaban J connectivity index is 1.50. The summed E-state index contributed by atoms with van der Waals surface area (Å²) in [6.07, 6.45) is 1.32. The van der Waals surface area contributed by atoms with Crippen LogP contribution < -0.4 is 9.47 Å². The van der Waals surface area contributed by atoms with Crippen LogP contribution in [0.1, 0.15) is 43.4 Å². The van der Waals surface area contributed by atoms with Gasteiger partial charge in [-0.1, -0.05) is 55.8 Å². The normalized spacial score (nSPS) is 11.7. The van der Waals surface area contributed by atoms with E-state index >= 15 is 0 Å². The predicted molar refractivity (Wildman–Crippen MR) is 135 cm³/mol. The first-order valence-electron chi connectivity index (χ1n) is 11.7. The third kappa shape index (κ3) is 5.90. The quantitative estimate of drug-likeness (QED) is 0.272. The molecular weight excluding hydrogens is 442 g/mol. The van der Waals surface area contributed by atoms with Crippen LogP contribution in [0, 0.1) is 6.92 Å². The van der Waals surface area contributed by atoms with E-state index in [0.29, 0.717) is 23.1 Å². The number of ether oxygens (including phenoxy) is 2. The van der Waals surface area contributed by atoms with Gasteiger partial charge in [0.2, 0.25) is 5.89 Å². The summed E-state index contributed by atoms with van der Waals surface area (Å²) in [5.41, 5.74) is 4.83. The highest BCUT2D eigenvalue weighted by atomic mass is 16.5. The zero-order valence-electron chi connectivity index (χ0n) is 20.2. The molecule has 180 valence electrons. The van der Waals surface area contributed by atoms with Crippen molar-refractivity contribution in [3.8, 4) is 34.1 Å². The van der Waals surface area contributed by atoms with Crippen LogP contribution in [0.5, 0.6) is 11.5 Å². The largest absolute Gasteiger partial charge is 0.484 e. The lowest BCUT2D eigenvalue weighted by Gasteiger charge is -2.16. The second kappa shape index (κ2) is 10.9. The smallest absolute Gasteiger partial charge is 0.341 e. The molecule has 0 saturated heterocycles. The SMILES string of the molecule is CCCc1cc(OC(C)c2nc(-c3ccc(-c4ccccc4)cc3)oc2C)ccc1OCC(=O)O. The summed E-state index contributed by atoms with van der Waals surface area (Å²) in [7, 11) is 0. The molecule has 1 aromatic heterocycles. The van der Waals surface area contributed by atoms with Crippen molar-refractivity contribution in [2.75, 3.05) is 6.61 Å². The Morgan fingerprint density at radius 3 is 2.37 bits per heavy atom. The van der Waals surface area contributed by atoms with Crippen molar-refractivity contribution >= 4 is 5.97 Å². The number of aliphatic carboxylic acids is 1. The highest BCUT2D eigenvalue weighted by Gasteiger charge is 2.19. The number of aromatic nitrogens is 1. The van der Waals surface area contributed by atoms with E-state index in [-0.39, 0.29) is 12.7 Å². The Labute approximate surface area is 205 Å². The number of carboxylic acid groups (broad SMARTS) is 1. The second-order valence-corrected chi connectivity index (χ2v) is 8.37. The van der Waals surface area contributed by atoms with Gasteiger partial charge in [-0.05, 0) is 67.3 Å². The van der Waals surface area contributed by atoms with Crippen LogP contribution in [0.2, 0.25) is 0 Å². The molecule has 4 rings (SSSR count). The number of carboxylic acids is 1. The number of carbonyl (C=O) groups is 1. The zero-order valence-corrected chi connectivity index (χ0v) is 20.2. The fourth-order valence-electron chi connectivity index (χ4n) is 3.98. The van der Waals surface area contributed by atoms with Crippen molar-refractivity contribution in [1.29, 1.82) is 0 Å². The van der Waals surface area contributed by atoms with E-state index < -0.39 is 5.97 Å². The highest BCUT2D eigenvalue weighted by Crippen LogP contribution is 2.32. The van der Waals surface area contributed by atoms with Gasteiger partial charge in [-0.3, -0.25) is 0 Å². The van der Waals surface area contributed by atoms with Crippen molar-refractivity contribution in [3.63, 3.8) is 0 Å². The topological polar surface area (TPSA) is 81.8 Å². The second-order valence-electron chi connectivity index (χ2n) is 8.37. The van der Waals surface area contributed by atoms with E-state index in [9.17, 15) is 4.79 Å². The number of hydrogen-bond donors (Lipinski definition) is 1. The lowest BCUT2D eigenvalue weighted by molar-refractivity contribution is -0.139. The Hall–Kier alpha value is -4.06. The van der Waals surface area contributed by atoms with Crippen LogP contribution in [0.4, 0.5) is 0 Å². The summed E-state index contributed by atoms with van der Waals surface area (Å²) >= 11 is 0. The summed E-state index contributed by atoms with van der Waals surface area (Å²) in [5, 5.41) is 8.91. The number of oxazole rings is 1. The van der Waals surface area contributed by atoms with Crippen molar-refractivity contribution in [2.24, 2.45) is 0 Å². The van der Waals surface area contributed by atoms with E-state index in [1.807, 2.05) is 50.2 Å². The van der Waals surface area contributed by atoms with Crippen molar-refractivity contribution in [2.45, 2.75) is 39.7 Å². The number of aryl methyl sites for hydroxylation is 2. The van der Waals surface area contributed by atoms with Crippen molar-refractivity contribution in [3.05, 3.63) is 89.8 Å². The average molecular weight is 472 g/mol. The van der Waals surface area contributed by atoms with E-state index in [0.717, 1.165) is 40.8 Å². The highest BCUT2D eigenvalue weighted by molar-refractivity contribution is 5.68. The number of benzene rings is 3.